The van der Waals surface area contributed by atoms with Crippen LogP contribution in [-0.4, -0.2) is 25.4 Å². The summed E-state index contributed by atoms with van der Waals surface area (Å²) in [5.41, 5.74) is 0. The number of unbranched alkanes of at least 4 members (excludes halogenated alkanes) is 6. The maximum Gasteiger partial charge on any atom is 0.0830 e. The van der Waals surface area contributed by atoms with E-state index in [1.165, 1.54) is 44.9 Å². The van der Waals surface area contributed by atoms with Gasteiger partial charge in [-0.3, -0.25) is 0 Å². The normalized spacial score (nSPS) is 15.0. The minimum Gasteiger partial charge on any atom is -0.379 e. The lowest BCUT2D eigenvalue weighted by atomic mass is 10.0. The first-order chi connectivity index (χ1) is 8.61. The molecule has 0 fully saturated rings. The molecule has 2 nitrogen and oxygen atoms in total. The summed E-state index contributed by atoms with van der Waals surface area (Å²) in [6, 6.07) is 0. The highest BCUT2D eigenvalue weighted by Crippen LogP contribution is 2.15. The molecule has 0 aromatic carbocycles. The molecule has 2 unspecified atom stereocenters. The largest absolute Gasteiger partial charge is 0.379 e. The molecule has 0 rings (SSSR count). The van der Waals surface area contributed by atoms with Crippen LogP contribution in [0.5, 0.6) is 0 Å². The molecule has 2 heteroatoms. The van der Waals surface area contributed by atoms with Crippen molar-refractivity contribution in [2.45, 2.75) is 97.4 Å². The molecule has 0 spiro atoms. The van der Waals surface area contributed by atoms with Gasteiger partial charge in [-0.15, -0.1) is 0 Å². The van der Waals surface area contributed by atoms with Gasteiger partial charge in [-0.25, -0.2) is 0 Å². The van der Waals surface area contributed by atoms with E-state index in [9.17, 15) is 0 Å². The molecule has 0 aliphatic heterocycles. The molecule has 0 aromatic rings. The Morgan fingerprint density at radius 2 is 1.39 bits per heavy atom. The van der Waals surface area contributed by atoms with E-state index >= 15 is 0 Å². The monoisotopic (exact) mass is 258 g/mol. The van der Waals surface area contributed by atoms with E-state index in [0.717, 1.165) is 6.42 Å². The van der Waals surface area contributed by atoms with E-state index in [0.29, 0.717) is 0 Å². The van der Waals surface area contributed by atoms with Crippen LogP contribution in [0, 0.1) is 0 Å². The number of ether oxygens (including phenoxy) is 2. The quantitative estimate of drug-likeness (QED) is 0.461. The van der Waals surface area contributed by atoms with Gasteiger partial charge in [-0.1, -0.05) is 51.9 Å². The van der Waals surface area contributed by atoms with Crippen LogP contribution in [0.2, 0.25) is 0 Å². The zero-order chi connectivity index (χ0) is 13.8. The van der Waals surface area contributed by atoms with Crippen LogP contribution >= 0.6 is 0 Å². The minimum atomic E-state index is 0.204. The smallest absolute Gasteiger partial charge is 0.0830 e. The summed E-state index contributed by atoms with van der Waals surface area (Å²) in [6.07, 6.45) is 11.3. The van der Waals surface area contributed by atoms with E-state index in [1.54, 1.807) is 7.11 Å². The Bertz CT molecular complexity index is 168. The lowest BCUT2D eigenvalue weighted by molar-refractivity contribution is -0.0736. The summed E-state index contributed by atoms with van der Waals surface area (Å²) in [4.78, 5) is 0. The van der Waals surface area contributed by atoms with Gasteiger partial charge in [0.05, 0.1) is 18.3 Å². The van der Waals surface area contributed by atoms with Gasteiger partial charge in [0.25, 0.3) is 0 Å². The molecule has 0 aliphatic rings. The van der Waals surface area contributed by atoms with Gasteiger partial charge in [0.2, 0.25) is 0 Å². The first-order valence-electron chi connectivity index (χ1n) is 7.80. The van der Waals surface area contributed by atoms with Crippen LogP contribution in [0.1, 0.15) is 79.1 Å². The maximum absolute atomic E-state index is 5.79. The highest BCUT2D eigenvalue weighted by Gasteiger charge is 2.17. The molecule has 110 valence electrons. The lowest BCUT2D eigenvalue weighted by Gasteiger charge is -2.24. The summed E-state index contributed by atoms with van der Waals surface area (Å²) < 4.78 is 11.3. The molecule has 18 heavy (non-hydrogen) atoms. The van der Waals surface area contributed by atoms with Gasteiger partial charge in [0.1, 0.15) is 0 Å². The molecule has 0 N–H and O–H groups in total. The average molecular weight is 258 g/mol. The Kier molecular flexibility index (Phi) is 11.9. The molecular weight excluding hydrogens is 224 g/mol. The molecule has 0 amide bonds. The fourth-order valence-corrected chi connectivity index (χ4v) is 2.36. The standard InChI is InChI=1S/C16H34O2/c1-6-7-8-9-10-11-12-13-16(17-5)15(4)18-14(2)3/h14-16H,6-13H2,1-5H3. The molecule has 0 bridgehead atoms. The predicted molar refractivity (Wildman–Crippen MR) is 79.1 cm³/mol. The Morgan fingerprint density at radius 3 is 1.89 bits per heavy atom. The van der Waals surface area contributed by atoms with Crippen LogP contribution in [0.15, 0.2) is 0 Å². The second-order valence-electron chi connectivity index (χ2n) is 5.57. The third-order valence-electron chi connectivity index (χ3n) is 3.41. The van der Waals surface area contributed by atoms with Crippen LogP contribution in [-0.2, 0) is 9.47 Å². The zero-order valence-electron chi connectivity index (χ0n) is 13.2. The van der Waals surface area contributed by atoms with E-state index < -0.39 is 0 Å². The molecule has 0 aliphatic carbocycles. The van der Waals surface area contributed by atoms with Crippen LogP contribution < -0.4 is 0 Å². The van der Waals surface area contributed by atoms with Crippen molar-refractivity contribution in [1.29, 1.82) is 0 Å². The van der Waals surface area contributed by atoms with Crippen molar-refractivity contribution >= 4 is 0 Å². The van der Waals surface area contributed by atoms with E-state index in [2.05, 4.69) is 27.7 Å². The van der Waals surface area contributed by atoms with Crippen molar-refractivity contribution in [3.05, 3.63) is 0 Å². The Morgan fingerprint density at radius 1 is 0.833 bits per heavy atom. The van der Waals surface area contributed by atoms with Crippen molar-refractivity contribution in [2.75, 3.05) is 7.11 Å². The number of hydrogen-bond acceptors (Lipinski definition) is 2. The molecular formula is C16H34O2. The van der Waals surface area contributed by atoms with E-state index in [-0.39, 0.29) is 18.3 Å². The molecule has 0 saturated carbocycles. The predicted octanol–water partition coefficient (Wildman–Crippen LogP) is 4.96. The van der Waals surface area contributed by atoms with Gasteiger partial charge in [-0.05, 0) is 27.2 Å². The van der Waals surface area contributed by atoms with Crippen molar-refractivity contribution in [2.24, 2.45) is 0 Å². The number of hydrogen-bond donors (Lipinski definition) is 0. The average Bonchev–Trinajstić information content (AvgIpc) is 2.31. The molecule has 0 aromatic heterocycles. The fourth-order valence-electron chi connectivity index (χ4n) is 2.36. The summed E-state index contributed by atoms with van der Waals surface area (Å²) in [7, 11) is 1.80. The molecule has 2 atom stereocenters. The van der Waals surface area contributed by atoms with E-state index in [4.69, 9.17) is 9.47 Å². The highest BCUT2D eigenvalue weighted by molar-refractivity contribution is 4.67. The summed E-state index contributed by atoms with van der Waals surface area (Å²) in [5, 5.41) is 0. The highest BCUT2D eigenvalue weighted by atomic mass is 16.5. The Hall–Kier alpha value is -0.0800. The van der Waals surface area contributed by atoms with Gasteiger partial charge >= 0.3 is 0 Å². The fraction of sp³-hybridized carbons (Fsp3) is 1.00. The second kappa shape index (κ2) is 12.0. The Labute approximate surface area is 114 Å². The van der Waals surface area contributed by atoms with Crippen molar-refractivity contribution in [3.8, 4) is 0 Å². The van der Waals surface area contributed by atoms with Crippen LogP contribution in [0.3, 0.4) is 0 Å². The number of rotatable bonds is 12. The third-order valence-corrected chi connectivity index (χ3v) is 3.41. The summed E-state index contributed by atoms with van der Waals surface area (Å²) in [6.45, 7) is 8.54. The summed E-state index contributed by atoms with van der Waals surface area (Å²) in [5.74, 6) is 0. The second-order valence-corrected chi connectivity index (χ2v) is 5.57. The zero-order valence-corrected chi connectivity index (χ0v) is 13.2. The van der Waals surface area contributed by atoms with Gasteiger partial charge < -0.3 is 9.47 Å². The van der Waals surface area contributed by atoms with Crippen molar-refractivity contribution in [3.63, 3.8) is 0 Å². The van der Waals surface area contributed by atoms with Crippen LogP contribution in [0.4, 0.5) is 0 Å². The van der Waals surface area contributed by atoms with Crippen molar-refractivity contribution < 1.29 is 9.47 Å². The SMILES string of the molecule is CCCCCCCCCC(OC)C(C)OC(C)C. The first-order valence-corrected chi connectivity index (χ1v) is 7.80. The minimum absolute atomic E-state index is 0.204. The lowest BCUT2D eigenvalue weighted by Crippen LogP contribution is -2.30. The molecule has 0 heterocycles. The molecule has 0 saturated heterocycles. The maximum atomic E-state index is 5.79. The van der Waals surface area contributed by atoms with Gasteiger partial charge in [-0.2, -0.15) is 0 Å². The molecule has 0 radical (unpaired) electrons. The summed E-state index contributed by atoms with van der Waals surface area (Å²) >= 11 is 0. The topological polar surface area (TPSA) is 18.5 Å². The number of methoxy groups -OCH3 is 1. The Balaban J connectivity index is 3.55. The van der Waals surface area contributed by atoms with Gasteiger partial charge in [0, 0.05) is 7.11 Å². The van der Waals surface area contributed by atoms with Crippen molar-refractivity contribution in [1.82, 2.24) is 0 Å². The third kappa shape index (κ3) is 9.90. The van der Waals surface area contributed by atoms with Gasteiger partial charge in [0.15, 0.2) is 0 Å². The first kappa shape index (κ1) is 17.9. The van der Waals surface area contributed by atoms with E-state index in [1.807, 2.05) is 0 Å². The van der Waals surface area contributed by atoms with Crippen LogP contribution in [0.25, 0.3) is 0 Å².